The van der Waals surface area contributed by atoms with E-state index in [0.29, 0.717) is 19.6 Å². The van der Waals surface area contributed by atoms with Gasteiger partial charge in [0, 0.05) is 19.0 Å². The van der Waals surface area contributed by atoms with Crippen molar-refractivity contribution in [2.75, 3.05) is 6.54 Å². The van der Waals surface area contributed by atoms with E-state index in [1.807, 2.05) is 54.6 Å². The molecule has 0 aliphatic carbocycles. The molecular weight excluding hydrogens is 342 g/mol. The van der Waals surface area contributed by atoms with Gasteiger partial charge >= 0.3 is 5.97 Å². The Kier molecular flexibility index (Phi) is 8.63. The van der Waals surface area contributed by atoms with Crippen LogP contribution in [0.2, 0.25) is 0 Å². The van der Waals surface area contributed by atoms with E-state index in [0.717, 1.165) is 29.7 Å². The number of hydrogen-bond acceptors (Lipinski definition) is 3. The van der Waals surface area contributed by atoms with Gasteiger partial charge in [0.05, 0.1) is 0 Å². The number of unbranched alkanes of at least 4 members (excludes halogenated alkanes) is 2. The van der Waals surface area contributed by atoms with Crippen molar-refractivity contribution in [2.24, 2.45) is 0 Å². The lowest BCUT2D eigenvalue weighted by molar-refractivity contribution is -0.137. The van der Waals surface area contributed by atoms with Crippen molar-refractivity contribution in [1.29, 1.82) is 0 Å². The summed E-state index contributed by atoms with van der Waals surface area (Å²) in [5.41, 5.74) is 2.03. The van der Waals surface area contributed by atoms with Gasteiger partial charge < -0.3 is 15.2 Å². The molecule has 142 valence electrons. The topological polar surface area (TPSA) is 75.6 Å². The first-order chi connectivity index (χ1) is 13.1. The molecule has 1 amide bonds. The Morgan fingerprint density at radius 3 is 2.41 bits per heavy atom. The highest BCUT2D eigenvalue weighted by atomic mass is 16.5. The second-order valence-corrected chi connectivity index (χ2v) is 6.17. The molecule has 0 fully saturated rings. The molecule has 2 aromatic carbocycles. The number of carbonyl (C=O) groups is 2. The van der Waals surface area contributed by atoms with E-state index < -0.39 is 5.97 Å². The number of carboxylic acids is 1. The molecule has 0 bridgehead atoms. The van der Waals surface area contributed by atoms with Crippen molar-refractivity contribution >= 4 is 18.0 Å². The van der Waals surface area contributed by atoms with Crippen LogP contribution in [0.5, 0.6) is 5.75 Å². The standard InChI is InChI=1S/C22H25NO4/c24-21(23-16-6-2-5-9-22(25)26)15-12-18-10-13-20(14-11-18)27-17-19-7-3-1-4-8-19/h1,3-4,7-8,10-15H,2,5-6,9,16-17H2,(H,23,24)(H,25,26)/b15-12+. The predicted octanol–water partition coefficient (Wildman–Crippen LogP) is 4.04. The minimum absolute atomic E-state index is 0.155. The zero-order valence-corrected chi connectivity index (χ0v) is 15.3. The van der Waals surface area contributed by atoms with Crippen LogP contribution in [-0.4, -0.2) is 23.5 Å². The fourth-order valence-electron chi connectivity index (χ4n) is 2.44. The molecular formula is C22H25NO4. The average Bonchev–Trinajstić information content (AvgIpc) is 2.69. The van der Waals surface area contributed by atoms with Gasteiger partial charge in [-0.25, -0.2) is 0 Å². The molecule has 0 heterocycles. The van der Waals surface area contributed by atoms with Gasteiger partial charge in [0.1, 0.15) is 12.4 Å². The monoisotopic (exact) mass is 367 g/mol. The van der Waals surface area contributed by atoms with Crippen LogP contribution in [-0.2, 0) is 16.2 Å². The number of rotatable bonds is 11. The maximum Gasteiger partial charge on any atom is 0.303 e. The Balaban J connectivity index is 1.67. The third-order valence-electron chi connectivity index (χ3n) is 3.92. The highest BCUT2D eigenvalue weighted by molar-refractivity contribution is 5.91. The van der Waals surface area contributed by atoms with Gasteiger partial charge in [-0.3, -0.25) is 9.59 Å². The molecule has 0 aromatic heterocycles. The van der Waals surface area contributed by atoms with E-state index in [9.17, 15) is 9.59 Å². The van der Waals surface area contributed by atoms with Gasteiger partial charge in [-0.15, -0.1) is 0 Å². The summed E-state index contributed by atoms with van der Waals surface area (Å²) in [5, 5.41) is 11.3. The molecule has 0 spiro atoms. The van der Waals surface area contributed by atoms with Crippen LogP contribution in [0, 0.1) is 0 Å². The fourth-order valence-corrected chi connectivity index (χ4v) is 2.44. The number of aliphatic carboxylic acids is 1. The van der Waals surface area contributed by atoms with Gasteiger partial charge in [-0.05, 0) is 42.2 Å². The van der Waals surface area contributed by atoms with Crippen LogP contribution in [0.15, 0.2) is 60.7 Å². The molecule has 0 radical (unpaired) electrons. The molecule has 27 heavy (non-hydrogen) atoms. The molecule has 5 nitrogen and oxygen atoms in total. The van der Waals surface area contributed by atoms with E-state index >= 15 is 0 Å². The molecule has 0 saturated carbocycles. The predicted molar refractivity (Wildman–Crippen MR) is 105 cm³/mol. The number of amides is 1. The van der Waals surface area contributed by atoms with Gasteiger partial charge in [-0.1, -0.05) is 48.9 Å². The molecule has 2 rings (SSSR count). The molecule has 0 aliphatic rings. The zero-order valence-electron chi connectivity index (χ0n) is 15.3. The number of ether oxygens (including phenoxy) is 1. The minimum atomic E-state index is -0.779. The van der Waals surface area contributed by atoms with Crippen molar-refractivity contribution in [3.63, 3.8) is 0 Å². The van der Waals surface area contributed by atoms with Gasteiger partial charge in [0.25, 0.3) is 0 Å². The van der Waals surface area contributed by atoms with Crippen LogP contribution in [0.1, 0.15) is 36.8 Å². The third-order valence-corrected chi connectivity index (χ3v) is 3.92. The summed E-state index contributed by atoms with van der Waals surface area (Å²) >= 11 is 0. The highest BCUT2D eigenvalue weighted by Crippen LogP contribution is 2.15. The summed E-state index contributed by atoms with van der Waals surface area (Å²) in [6, 6.07) is 17.5. The maximum atomic E-state index is 11.8. The molecule has 0 unspecified atom stereocenters. The van der Waals surface area contributed by atoms with E-state index in [2.05, 4.69) is 5.32 Å². The zero-order chi connectivity index (χ0) is 19.3. The summed E-state index contributed by atoms with van der Waals surface area (Å²) in [4.78, 5) is 22.2. The number of carboxylic acid groups (broad SMARTS) is 1. The lowest BCUT2D eigenvalue weighted by Gasteiger charge is -2.06. The van der Waals surface area contributed by atoms with E-state index in [1.54, 1.807) is 6.08 Å². The first kappa shape index (κ1) is 20.2. The first-order valence-corrected chi connectivity index (χ1v) is 9.08. The Bertz CT molecular complexity index is 739. The first-order valence-electron chi connectivity index (χ1n) is 9.08. The number of carbonyl (C=O) groups excluding carboxylic acids is 1. The van der Waals surface area contributed by atoms with E-state index in [4.69, 9.17) is 9.84 Å². The van der Waals surface area contributed by atoms with Crippen molar-refractivity contribution in [3.8, 4) is 5.75 Å². The summed E-state index contributed by atoms with van der Waals surface area (Å²) in [7, 11) is 0. The molecule has 0 atom stereocenters. The summed E-state index contributed by atoms with van der Waals surface area (Å²) in [5.74, 6) is -0.155. The molecule has 5 heteroatoms. The van der Waals surface area contributed by atoms with Gasteiger partial charge in [0.2, 0.25) is 5.91 Å². The number of benzene rings is 2. The van der Waals surface area contributed by atoms with Crippen LogP contribution in [0.3, 0.4) is 0 Å². The van der Waals surface area contributed by atoms with Crippen LogP contribution < -0.4 is 10.1 Å². The molecule has 2 N–H and O–H groups in total. The quantitative estimate of drug-likeness (QED) is 0.464. The lowest BCUT2D eigenvalue weighted by Crippen LogP contribution is -2.22. The van der Waals surface area contributed by atoms with Crippen molar-refractivity contribution < 1.29 is 19.4 Å². The normalized spacial score (nSPS) is 10.7. The van der Waals surface area contributed by atoms with E-state index in [-0.39, 0.29) is 12.3 Å². The number of hydrogen-bond donors (Lipinski definition) is 2. The van der Waals surface area contributed by atoms with E-state index in [1.165, 1.54) is 6.08 Å². The Morgan fingerprint density at radius 1 is 0.963 bits per heavy atom. The lowest BCUT2D eigenvalue weighted by atomic mass is 10.2. The maximum absolute atomic E-state index is 11.8. The smallest absolute Gasteiger partial charge is 0.303 e. The summed E-state index contributed by atoms with van der Waals surface area (Å²) in [6.07, 6.45) is 5.64. The second-order valence-electron chi connectivity index (χ2n) is 6.17. The fraction of sp³-hybridized carbons (Fsp3) is 0.273. The second kappa shape index (κ2) is 11.5. The van der Waals surface area contributed by atoms with Gasteiger partial charge in [0.15, 0.2) is 0 Å². The highest BCUT2D eigenvalue weighted by Gasteiger charge is 1.99. The number of nitrogens with one attached hydrogen (secondary N) is 1. The van der Waals surface area contributed by atoms with Gasteiger partial charge in [-0.2, -0.15) is 0 Å². The SMILES string of the molecule is O=C(O)CCCCCNC(=O)/C=C/c1ccc(OCc2ccccc2)cc1. The third kappa shape index (κ3) is 8.72. The molecule has 2 aromatic rings. The Morgan fingerprint density at radius 2 is 1.70 bits per heavy atom. The van der Waals surface area contributed by atoms with Crippen molar-refractivity contribution in [2.45, 2.75) is 32.3 Å². The van der Waals surface area contributed by atoms with Crippen molar-refractivity contribution in [3.05, 3.63) is 71.8 Å². The van der Waals surface area contributed by atoms with Crippen LogP contribution >= 0.6 is 0 Å². The molecule has 0 aliphatic heterocycles. The average molecular weight is 367 g/mol. The minimum Gasteiger partial charge on any atom is -0.489 e. The Labute approximate surface area is 159 Å². The largest absolute Gasteiger partial charge is 0.489 e. The van der Waals surface area contributed by atoms with Crippen LogP contribution in [0.25, 0.3) is 6.08 Å². The van der Waals surface area contributed by atoms with Crippen LogP contribution in [0.4, 0.5) is 0 Å². The summed E-state index contributed by atoms with van der Waals surface area (Å²) in [6.45, 7) is 1.07. The molecule has 0 saturated heterocycles. The summed E-state index contributed by atoms with van der Waals surface area (Å²) < 4.78 is 5.73. The Hall–Kier alpha value is -3.08. The van der Waals surface area contributed by atoms with Crippen molar-refractivity contribution in [1.82, 2.24) is 5.32 Å².